The largest absolute Gasteiger partial charge is 0.483 e. The lowest BCUT2D eigenvalue weighted by Gasteiger charge is -2.18. The highest BCUT2D eigenvalue weighted by Crippen LogP contribution is 2.28. The van der Waals surface area contributed by atoms with Crippen LogP contribution in [0.1, 0.15) is 37.3 Å². The Balaban J connectivity index is 1.59. The van der Waals surface area contributed by atoms with E-state index >= 15 is 0 Å². The van der Waals surface area contributed by atoms with E-state index in [2.05, 4.69) is 19.2 Å². The summed E-state index contributed by atoms with van der Waals surface area (Å²) >= 11 is 0. The molecule has 0 aliphatic carbocycles. The van der Waals surface area contributed by atoms with Gasteiger partial charge >= 0.3 is 0 Å². The molecule has 0 bridgehead atoms. The number of rotatable bonds is 10. The fourth-order valence-electron chi connectivity index (χ4n) is 3.40. The second-order valence-electron chi connectivity index (χ2n) is 7.96. The van der Waals surface area contributed by atoms with Crippen molar-refractivity contribution in [1.29, 1.82) is 0 Å². The molecule has 1 atom stereocenters. The van der Waals surface area contributed by atoms with Crippen molar-refractivity contribution in [1.82, 2.24) is 4.31 Å². The summed E-state index contributed by atoms with van der Waals surface area (Å²) in [6, 6.07) is 23.3. The Morgan fingerprint density at radius 1 is 0.970 bits per heavy atom. The number of para-hydroxylation sites is 1. The molecule has 3 aromatic rings. The Bertz CT molecular complexity index is 1160. The van der Waals surface area contributed by atoms with Crippen LogP contribution in [0.4, 0.5) is 5.69 Å². The minimum absolute atomic E-state index is 0.132. The molecule has 1 amide bonds. The van der Waals surface area contributed by atoms with E-state index in [0.29, 0.717) is 17.4 Å². The van der Waals surface area contributed by atoms with Crippen molar-refractivity contribution in [3.05, 3.63) is 90.0 Å². The lowest BCUT2D eigenvalue weighted by molar-refractivity contribution is -0.118. The molecule has 0 spiro atoms. The second-order valence-corrected chi connectivity index (χ2v) is 10.00. The quantitative estimate of drug-likeness (QED) is 0.454. The number of amides is 1. The molecule has 0 heterocycles. The fraction of sp³-hybridized carbons (Fsp3) is 0.269. The smallest absolute Gasteiger partial charge is 0.262 e. The van der Waals surface area contributed by atoms with Crippen molar-refractivity contribution in [3.63, 3.8) is 0 Å². The van der Waals surface area contributed by atoms with E-state index in [4.69, 9.17) is 4.74 Å². The van der Waals surface area contributed by atoms with Crippen molar-refractivity contribution in [2.24, 2.45) is 0 Å². The molecule has 174 valence electrons. The van der Waals surface area contributed by atoms with E-state index in [0.717, 1.165) is 17.5 Å². The van der Waals surface area contributed by atoms with Crippen molar-refractivity contribution in [2.45, 2.75) is 37.6 Å². The van der Waals surface area contributed by atoms with Crippen molar-refractivity contribution >= 4 is 21.6 Å². The van der Waals surface area contributed by atoms with Gasteiger partial charge in [0.1, 0.15) is 5.75 Å². The Hall–Kier alpha value is -3.16. The number of nitrogens with zero attached hydrogens (tertiary/aromatic N) is 1. The molecule has 33 heavy (non-hydrogen) atoms. The standard InChI is InChI=1S/C26H30N2O4S/c1-4-20(2)24-12-8-9-13-25(24)32-19-26(29)27-22-14-16-23(17-15-22)33(30,31)28(3)18-21-10-6-5-7-11-21/h5-17,20H,4,18-19H2,1-3H3,(H,27,29)/t20-/m0/s1. The number of carbonyl (C=O) groups excluding carboxylic acids is 1. The first-order valence-corrected chi connectivity index (χ1v) is 12.4. The highest BCUT2D eigenvalue weighted by molar-refractivity contribution is 7.89. The average Bonchev–Trinajstić information content (AvgIpc) is 2.83. The zero-order chi connectivity index (χ0) is 23.8. The monoisotopic (exact) mass is 466 g/mol. The van der Waals surface area contributed by atoms with Gasteiger partial charge in [-0.05, 0) is 53.8 Å². The topological polar surface area (TPSA) is 75.7 Å². The van der Waals surface area contributed by atoms with Gasteiger partial charge in [0.15, 0.2) is 6.61 Å². The van der Waals surface area contributed by atoms with E-state index in [9.17, 15) is 13.2 Å². The second kappa shape index (κ2) is 11.1. The summed E-state index contributed by atoms with van der Waals surface area (Å²) in [5.41, 5.74) is 2.48. The molecule has 0 aliphatic rings. The highest BCUT2D eigenvalue weighted by atomic mass is 32.2. The van der Waals surface area contributed by atoms with E-state index < -0.39 is 10.0 Å². The van der Waals surface area contributed by atoms with E-state index in [1.54, 1.807) is 19.2 Å². The third kappa shape index (κ3) is 6.43. The number of nitrogens with one attached hydrogen (secondary N) is 1. The molecular weight excluding hydrogens is 436 g/mol. The number of anilines is 1. The maximum Gasteiger partial charge on any atom is 0.262 e. The number of hydrogen-bond acceptors (Lipinski definition) is 4. The van der Waals surface area contributed by atoms with Gasteiger partial charge in [-0.25, -0.2) is 8.42 Å². The molecule has 0 fully saturated rings. The van der Waals surface area contributed by atoms with E-state index in [1.807, 2.05) is 54.6 Å². The van der Waals surface area contributed by atoms with Crippen LogP contribution < -0.4 is 10.1 Å². The summed E-state index contributed by atoms with van der Waals surface area (Å²) in [6.07, 6.45) is 0.975. The normalized spacial score (nSPS) is 12.4. The predicted octanol–water partition coefficient (Wildman–Crippen LogP) is 5.04. The van der Waals surface area contributed by atoms with Gasteiger partial charge in [0.25, 0.3) is 5.91 Å². The molecule has 0 aliphatic heterocycles. The van der Waals surface area contributed by atoms with Gasteiger partial charge in [0, 0.05) is 19.3 Å². The fourth-order valence-corrected chi connectivity index (χ4v) is 4.55. The maximum atomic E-state index is 12.9. The number of carbonyl (C=O) groups is 1. The van der Waals surface area contributed by atoms with Crippen LogP contribution in [0, 0.1) is 0 Å². The summed E-state index contributed by atoms with van der Waals surface area (Å²) in [5, 5.41) is 2.75. The zero-order valence-electron chi connectivity index (χ0n) is 19.2. The first kappa shape index (κ1) is 24.5. The highest BCUT2D eigenvalue weighted by Gasteiger charge is 2.21. The molecule has 0 saturated carbocycles. The lowest BCUT2D eigenvalue weighted by atomic mass is 9.98. The summed E-state index contributed by atoms with van der Waals surface area (Å²) < 4.78 is 32.8. The molecule has 7 heteroatoms. The Labute approximate surface area is 196 Å². The van der Waals surface area contributed by atoms with Crippen LogP contribution in [-0.2, 0) is 21.4 Å². The Morgan fingerprint density at radius 2 is 1.61 bits per heavy atom. The number of hydrogen-bond donors (Lipinski definition) is 1. The van der Waals surface area contributed by atoms with E-state index in [1.165, 1.54) is 16.4 Å². The first-order valence-electron chi connectivity index (χ1n) is 10.9. The summed E-state index contributed by atoms with van der Waals surface area (Å²) in [6.45, 7) is 4.37. The molecule has 0 saturated heterocycles. The number of benzene rings is 3. The van der Waals surface area contributed by atoms with Crippen molar-refractivity contribution < 1.29 is 17.9 Å². The summed E-state index contributed by atoms with van der Waals surface area (Å²) in [7, 11) is -2.10. The van der Waals surface area contributed by atoms with Crippen LogP contribution in [0.5, 0.6) is 5.75 Å². The number of ether oxygens (including phenoxy) is 1. The van der Waals surface area contributed by atoms with Crippen LogP contribution in [0.2, 0.25) is 0 Å². The SMILES string of the molecule is CC[C@H](C)c1ccccc1OCC(=O)Nc1ccc(S(=O)(=O)N(C)Cc2ccccc2)cc1. The minimum atomic E-state index is -3.65. The number of sulfonamides is 1. The van der Waals surface area contributed by atoms with Crippen LogP contribution in [0.15, 0.2) is 83.8 Å². The minimum Gasteiger partial charge on any atom is -0.483 e. The molecule has 0 radical (unpaired) electrons. The van der Waals surface area contributed by atoms with Crippen LogP contribution in [0.25, 0.3) is 0 Å². The van der Waals surface area contributed by atoms with Crippen molar-refractivity contribution in [3.8, 4) is 5.75 Å². The van der Waals surface area contributed by atoms with E-state index in [-0.39, 0.29) is 24.0 Å². The van der Waals surface area contributed by atoms with Gasteiger partial charge in [0.2, 0.25) is 10.0 Å². The van der Waals surface area contributed by atoms with Gasteiger partial charge < -0.3 is 10.1 Å². The van der Waals surface area contributed by atoms with Crippen molar-refractivity contribution in [2.75, 3.05) is 19.0 Å². The van der Waals surface area contributed by atoms with Gasteiger partial charge in [-0.1, -0.05) is 62.4 Å². The molecule has 3 aromatic carbocycles. The maximum absolute atomic E-state index is 12.9. The summed E-state index contributed by atoms with van der Waals surface area (Å²) in [5.74, 6) is 0.717. The molecular formula is C26H30N2O4S. The Morgan fingerprint density at radius 3 is 2.27 bits per heavy atom. The van der Waals surface area contributed by atoms with Gasteiger partial charge in [0.05, 0.1) is 4.90 Å². The first-order chi connectivity index (χ1) is 15.8. The zero-order valence-corrected chi connectivity index (χ0v) is 20.0. The molecule has 0 aromatic heterocycles. The van der Waals surface area contributed by atoms with Crippen LogP contribution >= 0.6 is 0 Å². The summed E-state index contributed by atoms with van der Waals surface area (Å²) in [4.78, 5) is 12.5. The molecule has 3 rings (SSSR count). The lowest BCUT2D eigenvalue weighted by Crippen LogP contribution is -2.26. The van der Waals surface area contributed by atoms with Crippen LogP contribution in [-0.4, -0.2) is 32.3 Å². The average molecular weight is 467 g/mol. The molecule has 6 nitrogen and oxygen atoms in total. The third-order valence-corrected chi connectivity index (χ3v) is 7.33. The van der Waals surface area contributed by atoms with Crippen LogP contribution in [0.3, 0.4) is 0 Å². The van der Waals surface area contributed by atoms with Gasteiger partial charge in [-0.2, -0.15) is 4.31 Å². The Kier molecular flexibility index (Phi) is 8.25. The predicted molar refractivity (Wildman–Crippen MR) is 131 cm³/mol. The van der Waals surface area contributed by atoms with Gasteiger partial charge in [-0.15, -0.1) is 0 Å². The van der Waals surface area contributed by atoms with Gasteiger partial charge in [-0.3, -0.25) is 4.79 Å². The molecule has 1 N–H and O–H groups in total. The molecule has 0 unspecified atom stereocenters. The third-order valence-electron chi connectivity index (χ3n) is 5.52.